The summed E-state index contributed by atoms with van der Waals surface area (Å²) in [6.07, 6.45) is -0.737. The molecule has 2 amide bonds. The van der Waals surface area contributed by atoms with Crippen LogP contribution in [0.4, 0.5) is 4.79 Å². The summed E-state index contributed by atoms with van der Waals surface area (Å²) in [4.78, 5) is 27.6. The van der Waals surface area contributed by atoms with Crippen LogP contribution in [0.2, 0.25) is 0 Å². The Morgan fingerprint density at radius 1 is 1.22 bits per heavy atom. The molecular formula is C19H24N2O6. The van der Waals surface area contributed by atoms with Crippen molar-refractivity contribution < 1.29 is 28.9 Å². The monoisotopic (exact) mass is 376 g/mol. The number of ether oxygens (including phenoxy) is 3. The highest BCUT2D eigenvalue weighted by atomic mass is 16.6. The second-order valence-corrected chi connectivity index (χ2v) is 6.74. The van der Waals surface area contributed by atoms with Gasteiger partial charge in [0.05, 0.1) is 32.1 Å². The van der Waals surface area contributed by atoms with Gasteiger partial charge >= 0.3 is 6.09 Å². The second kappa shape index (κ2) is 7.11. The van der Waals surface area contributed by atoms with Gasteiger partial charge in [0.1, 0.15) is 18.0 Å². The lowest BCUT2D eigenvalue weighted by Gasteiger charge is -2.45. The van der Waals surface area contributed by atoms with E-state index in [1.165, 1.54) is 4.90 Å². The zero-order valence-corrected chi connectivity index (χ0v) is 16.1. The number of rotatable bonds is 3. The number of methoxy groups -OCH3 is 2. The van der Waals surface area contributed by atoms with E-state index >= 15 is 0 Å². The van der Waals surface area contributed by atoms with E-state index in [0.717, 1.165) is 10.5 Å². The standard InChI is InChI=1S/C19H24N2O6/c1-10(2)27-19(24)20-9-16(22)21-11(3)17-12(8-13(21)18(20)23)14(25-4)6-7-15(17)26-5/h6-8,10-11,18,23H,9H2,1-5H3/t11-,18?/m0/s1. The summed E-state index contributed by atoms with van der Waals surface area (Å²) in [6, 6.07) is 3.15. The van der Waals surface area contributed by atoms with E-state index in [9.17, 15) is 14.7 Å². The van der Waals surface area contributed by atoms with Crippen LogP contribution in [0.3, 0.4) is 0 Å². The number of amides is 2. The lowest BCUT2D eigenvalue weighted by molar-refractivity contribution is -0.142. The highest BCUT2D eigenvalue weighted by Crippen LogP contribution is 2.45. The van der Waals surface area contributed by atoms with E-state index in [2.05, 4.69) is 0 Å². The minimum absolute atomic E-state index is 0.268. The molecule has 2 aliphatic rings. The number of benzene rings is 1. The van der Waals surface area contributed by atoms with Crippen molar-refractivity contribution in [3.05, 3.63) is 29.0 Å². The van der Waals surface area contributed by atoms with Crippen molar-refractivity contribution in [3.8, 4) is 11.5 Å². The largest absolute Gasteiger partial charge is 0.496 e. The summed E-state index contributed by atoms with van der Waals surface area (Å²) in [5.74, 6) is 0.902. The van der Waals surface area contributed by atoms with Crippen molar-refractivity contribution in [3.63, 3.8) is 0 Å². The molecule has 146 valence electrons. The molecular weight excluding hydrogens is 352 g/mol. The van der Waals surface area contributed by atoms with Gasteiger partial charge in [-0.3, -0.25) is 9.69 Å². The third kappa shape index (κ3) is 3.10. The SMILES string of the molecule is COc1ccc(OC)c2c1C=C1C(O)N(C(=O)OC(C)C)CC(=O)N1[C@H]2C. The molecule has 0 aliphatic carbocycles. The Morgan fingerprint density at radius 2 is 1.85 bits per heavy atom. The average Bonchev–Trinajstić information content (AvgIpc) is 2.62. The highest BCUT2D eigenvalue weighted by Gasteiger charge is 2.44. The summed E-state index contributed by atoms with van der Waals surface area (Å²) in [7, 11) is 3.11. The van der Waals surface area contributed by atoms with Crippen molar-refractivity contribution in [1.82, 2.24) is 9.80 Å². The Kier molecular flexibility index (Phi) is 5.01. The topological polar surface area (TPSA) is 88.5 Å². The molecule has 0 bridgehead atoms. The Morgan fingerprint density at radius 3 is 2.44 bits per heavy atom. The molecule has 1 aromatic carbocycles. The number of carbonyl (C=O) groups excluding carboxylic acids is 2. The van der Waals surface area contributed by atoms with Crippen LogP contribution in [0.15, 0.2) is 17.8 Å². The first-order valence-corrected chi connectivity index (χ1v) is 8.74. The molecule has 2 heterocycles. The van der Waals surface area contributed by atoms with Crippen LogP contribution in [0.5, 0.6) is 11.5 Å². The van der Waals surface area contributed by atoms with Crippen LogP contribution in [0, 0.1) is 0 Å². The van der Waals surface area contributed by atoms with E-state index in [1.807, 2.05) is 6.92 Å². The highest BCUT2D eigenvalue weighted by molar-refractivity contribution is 5.89. The smallest absolute Gasteiger partial charge is 0.412 e. The maximum absolute atomic E-state index is 12.8. The van der Waals surface area contributed by atoms with Crippen molar-refractivity contribution in [2.24, 2.45) is 0 Å². The van der Waals surface area contributed by atoms with E-state index < -0.39 is 18.4 Å². The molecule has 0 spiro atoms. The fourth-order valence-electron chi connectivity index (χ4n) is 3.56. The zero-order chi connectivity index (χ0) is 19.9. The van der Waals surface area contributed by atoms with Gasteiger partial charge in [0, 0.05) is 11.1 Å². The van der Waals surface area contributed by atoms with E-state index in [-0.39, 0.29) is 18.6 Å². The van der Waals surface area contributed by atoms with Gasteiger partial charge in [-0.2, -0.15) is 0 Å². The first kappa shape index (κ1) is 19.0. The number of aliphatic hydroxyl groups is 1. The minimum atomic E-state index is -1.31. The van der Waals surface area contributed by atoms with Crippen molar-refractivity contribution in [2.45, 2.75) is 39.1 Å². The lowest BCUT2D eigenvalue weighted by atomic mass is 9.91. The van der Waals surface area contributed by atoms with Crippen LogP contribution in [-0.4, -0.2) is 60.0 Å². The molecule has 0 aromatic heterocycles. The number of piperazine rings is 1. The van der Waals surface area contributed by atoms with Crippen LogP contribution in [0.1, 0.15) is 37.9 Å². The molecule has 0 saturated carbocycles. The molecule has 2 aliphatic heterocycles. The summed E-state index contributed by atoms with van der Waals surface area (Å²) in [6.45, 7) is 4.99. The third-order valence-electron chi connectivity index (χ3n) is 4.73. The number of fused-ring (bicyclic) bond motifs is 2. The number of aliphatic hydroxyl groups excluding tert-OH is 1. The normalized spacial score (nSPS) is 21.4. The van der Waals surface area contributed by atoms with Crippen LogP contribution < -0.4 is 9.47 Å². The Balaban J connectivity index is 2.10. The molecule has 1 fully saturated rings. The maximum atomic E-state index is 12.8. The summed E-state index contributed by atoms with van der Waals surface area (Å²) in [5, 5.41) is 10.8. The molecule has 3 rings (SSSR count). The Labute approximate surface area is 157 Å². The van der Waals surface area contributed by atoms with Gasteiger partial charge in [-0.25, -0.2) is 4.79 Å². The zero-order valence-electron chi connectivity index (χ0n) is 16.1. The van der Waals surface area contributed by atoms with Crippen molar-refractivity contribution in [1.29, 1.82) is 0 Å². The van der Waals surface area contributed by atoms with Gasteiger partial charge < -0.3 is 24.2 Å². The molecule has 2 atom stereocenters. The fraction of sp³-hybridized carbons (Fsp3) is 0.474. The number of nitrogens with zero attached hydrogens (tertiary/aromatic N) is 2. The molecule has 1 saturated heterocycles. The first-order valence-electron chi connectivity index (χ1n) is 8.74. The molecule has 8 heteroatoms. The second-order valence-electron chi connectivity index (χ2n) is 6.74. The average molecular weight is 376 g/mol. The molecule has 1 unspecified atom stereocenters. The molecule has 8 nitrogen and oxygen atoms in total. The van der Waals surface area contributed by atoms with E-state index in [1.54, 1.807) is 46.3 Å². The van der Waals surface area contributed by atoms with Crippen molar-refractivity contribution >= 4 is 18.1 Å². The van der Waals surface area contributed by atoms with Gasteiger partial charge in [0.15, 0.2) is 6.23 Å². The van der Waals surface area contributed by atoms with Gasteiger partial charge in [0.2, 0.25) is 5.91 Å². The molecule has 1 aromatic rings. The first-order chi connectivity index (χ1) is 12.8. The van der Waals surface area contributed by atoms with Gasteiger partial charge in [-0.05, 0) is 39.0 Å². The predicted molar refractivity (Wildman–Crippen MR) is 97.1 cm³/mol. The fourth-order valence-corrected chi connectivity index (χ4v) is 3.56. The van der Waals surface area contributed by atoms with Crippen LogP contribution in [-0.2, 0) is 9.53 Å². The summed E-state index contributed by atoms with van der Waals surface area (Å²) >= 11 is 0. The number of hydrogen-bond donors (Lipinski definition) is 1. The van der Waals surface area contributed by atoms with E-state index in [0.29, 0.717) is 22.8 Å². The predicted octanol–water partition coefficient (Wildman–Crippen LogP) is 2.13. The van der Waals surface area contributed by atoms with Crippen LogP contribution >= 0.6 is 0 Å². The molecule has 1 N–H and O–H groups in total. The lowest BCUT2D eigenvalue weighted by Crippen LogP contribution is -2.57. The Hall–Kier alpha value is -2.74. The Bertz CT molecular complexity index is 804. The van der Waals surface area contributed by atoms with Crippen LogP contribution in [0.25, 0.3) is 6.08 Å². The summed E-state index contributed by atoms with van der Waals surface area (Å²) < 4.78 is 16.0. The van der Waals surface area contributed by atoms with Gasteiger partial charge in [-0.1, -0.05) is 0 Å². The minimum Gasteiger partial charge on any atom is -0.496 e. The maximum Gasteiger partial charge on any atom is 0.412 e. The quantitative estimate of drug-likeness (QED) is 0.869. The number of hydrogen-bond acceptors (Lipinski definition) is 6. The van der Waals surface area contributed by atoms with Crippen molar-refractivity contribution in [2.75, 3.05) is 20.8 Å². The van der Waals surface area contributed by atoms with E-state index in [4.69, 9.17) is 14.2 Å². The third-order valence-corrected chi connectivity index (χ3v) is 4.73. The van der Waals surface area contributed by atoms with Gasteiger partial charge in [-0.15, -0.1) is 0 Å². The molecule has 27 heavy (non-hydrogen) atoms. The molecule has 0 radical (unpaired) electrons. The summed E-state index contributed by atoms with van der Waals surface area (Å²) in [5.41, 5.74) is 1.80. The number of carbonyl (C=O) groups is 2. The van der Waals surface area contributed by atoms with Gasteiger partial charge in [0.25, 0.3) is 0 Å².